The van der Waals surface area contributed by atoms with Gasteiger partial charge in [0.05, 0.1) is 0 Å². The van der Waals surface area contributed by atoms with Crippen molar-refractivity contribution in [2.75, 3.05) is 6.54 Å². The molecule has 1 fully saturated rings. The fourth-order valence-corrected chi connectivity index (χ4v) is 4.32. The maximum Gasteiger partial charge on any atom is 0.0317 e. The van der Waals surface area contributed by atoms with E-state index in [9.17, 15) is 0 Å². The normalized spacial score (nSPS) is 31.8. The SMILES string of the molecule is CC1CCC(CN)C(c2cscc2Br)C1. The van der Waals surface area contributed by atoms with Gasteiger partial charge in [-0.25, -0.2) is 0 Å². The van der Waals surface area contributed by atoms with Gasteiger partial charge < -0.3 is 5.73 Å². The number of hydrogen-bond donors (Lipinski definition) is 1. The lowest BCUT2D eigenvalue weighted by molar-refractivity contribution is 0.253. The van der Waals surface area contributed by atoms with E-state index in [4.69, 9.17) is 5.73 Å². The van der Waals surface area contributed by atoms with E-state index in [0.29, 0.717) is 11.8 Å². The first-order valence-electron chi connectivity index (χ1n) is 5.64. The third-order valence-corrected chi connectivity index (χ3v) is 5.35. The highest BCUT2D eigenvalue weighted by Crippen LogP contribution is 2.43. The Morgan fingerprint density at radius 3 is 2.87 bits per heavy atom. The molecule has 1 heterocycles. The van der Waals surface area contributed by atoms with Crippen LogP contribution in [0.25, 0.3) is 0 Å². The molecule has 1 nitrogen and oxygen atoms in total. The monoisotopic (exact) mass is 287 g/mol. The molecule has 1 aliphatic rings. The molecule has 0 saturated heterocycles. The van der Waals surface area contributed by atoms with E-state index in [2.05, 4.69) is 33.6 Å². The van der Waals surface area contributed by atoms with Crippen LogP contribution in [0.2, 0.25) is 0 Å². The second-order valence-electron chi connectivity index (χ2n) is 4.70. The van der Waals surface area contributed by atoms with Gasteiger partial charge in [0, 0.05) is 9.85 Å². The minimum Gasteiger partial charge on any atom is -0.330 e. The van der Waals surface area contributed by atoms with Crippen LogP contribution in [0.5, 0.6) is 0 Å². The summed E-state index contributed by atoms with van der Waals surface area (Å²) in [4.78, 5) is 0. The van der Waals surface area contributed by atoms with Gasteiger partial charge in [0.2, 0.25) is 0 Å². The molecule has 0 bridgehead atoms. The summed E-state index contributed by atoms with van der Waals surface area (Å²) in [5.41, 5.74) is 7.37. The molecule has 1 aromatic heterocycles. The molecule has 2 N–H and O–H groups in total. The average molecular weight is 288 g/mol. The van der Waals surface area contributed by atoms with Crippen molar-refractivity contribution < 1.29 is 0 Å². The van der Waals surface area contributed by atoms with Crippen molar-refractivity contribution in [3.63, 3.8) is 0 Å². The van der Waals surface area contributed by atoms with E-state index >= 15 is 0 Å². The highest BCUT2D eigenvalue weighted by Gasteiger charge is 2.30. The van der Waals surface area contributed by atoms with Gasteiger partial charge in [0.15, 0.2) is 0 Å². The number of rotatable bonds is 2. The Labute approximate surface area is 104 Å². The predicted molar refractivity (Wildman–Crippen MR) is 70.3 cm³/mol. The lowest BCUT2D eigenvalue weighted by Crippen LogP contribution is -2.28. The Morgan fingerprint density at radius 2 is 2.27 bits per heavy atom. The average Bonchev–Trinajstić information content (AvgIpc) is 2.64. The zero-order valence-corrected chi connectivity index (χ0v) is 11.5. The van der Waals surface area contributed by atoms with Gasteiger partial charge in [0.25, 0.3) is 0 Å². The molecule has 0 spiro atoms. The Balaban J connectivity index is 2.20. The Kier molecular flexibility index (Phi) is 3.86. The van der Waals surface area contributed by atoms with Crippen LogP contribution in [0.15, 0.2) is 15.2 Å². The van der Waals surface area contributed by atoms with Gasteiger partial charge in [-0.05, 0) is 64.0 Å². The smallest absolute Gasteiger partial charge is 0.0317 e. The Morgan fingerprint density at radius 1 is 1.47 bits per heavy atom. The predicted octanol–water partition coefficient (Wildman–Crippen LogP) is 3.99. The molecule has 1 aromatic rings. The van der Waals surface area contributed by atoms with Crippen molar-refractivity contribution in [2.45, 2.75) is 32.1 Å². The van der Waals surface area contributed by atoms with Crippen molar-refractivity contribution in [1.29, 1.82) is 0 Å². The molecule has 1 saturated carbocycles. The van der Waals surface area contributed by atoms with Crippen LogP contribution in [-0.4, -0.2) is 6.54 Å². The topological polar surface area (TPSA) is 26.0 Å². The van der Waals surface area contributed by atoms with Crippen molar-refractivity contribution in [1.82, 2.24) is 0 Å². The minimum absolute atomic E-state index is 0.680. The number of thiophene rings is 1. The van der Waals surface area contributed by atoms with Crippen molar-refractivity contribution in [3.05, 3.63) is 20.8 Å². The van der Waals surface area contributed by atoms with E-state index in [1.165, 1.54) is 29.3 Å². The van der Waals surface area contributed by atoms with Gasteiger partial charge in [-0.15, -0.1) is 0 Å². The summed E-state index contributed by atoms with van der Waals surface area (Å²) < 4.78 is 1.28. The molecule has 0 radical (unpaired) electrons. The highest BCUT2D eigenvalue weighted by atomic mass is 79.9. The summed E-state index contributed by atoms with van der Waals surface area (Å²) in [7, 11) is 0. The van der Waals surface area contributed by atoms with Crippen LogP contribution in [0.1, 0.15) is 37.7 Å². The third-order valence-electron chi connectivity index (χ3n) is 3.60. The molecule has 0 aromatic carbocycles. The van der Waals surface area contributed by atoms with Crippen molar-refractivity contribution >= 4 is 27.3 Å². The summed E-state index contributed by atoms with van der Waals surface area (Å²) in [5.74, 6) is 2.22. The van der Waals surface area contributed by atoms with Crippen molar-refractivity contribution in [3.8, 4) is 0 Å². The molecular weight excluding hydrogens is 270 g/mol. The van der Waals surface area contributed by atoms with Crippen LogP contribution in [0.4, 0.5) is 0 Å². The molecule has 0 amide bonds. The molecule has 84 valence electrons. The lowest BCUT2D eigenvalue weighted by Gasteiger charge is -2.34. The third kappa shape index (κ3) is 2.45. The van der Waals surface area contributed by atoms with E-state index in [1.54, 1.807) is 11.3 Å². The number of nitrogens with two attached hydrogens (primary N) is 1. The molecule has 0 aliphatic heterocycles. The summed E-state index contributed by atoms with van der Waals surface area (Å²) in [6.45, 7) is 3.19. The summed E-state index contributed by atoms with van der Waals surface area (Å²) in [6.07, 6.45) is 3.95. The molecule has 2 rings (SSSR count). The molecule has 3 atom stereocenters. The van der Waals surface area contributed by atoms with Crippen LogP contribution in [-0.2, 0) is 0 Å². The first-order chi connectivity index (χ1) is 7.22. The largest absolute Gasteiger partial charge is 0.330 e. The van der Waals surface area contributed by atoms with E-state index in [1.807, 2.05) is 0 Å². The van der Waals surface area contributed by atoms with Gasteiger partial charge in [-0.1, -0.05) is 13.3 Å². The molecule has 3 unspecified atom stereocenters. The minimum atomic E-state index is 0.680. The fourth-order valence-electron chi connectivity index (χ4n) is 2.66. The second kappa shape index (κ2) is 4.98. The van der Waals surface area contributed by atoms with E-state index in [-0.39, 0.29) is 0 Å². The van der Waals surface area contributed by atoms with Gasteiger partial charge >= 0.3 is 0 Å². The summed E-state index contributed by atoms with van der Waals surface area (Å²) in [5, 5.41) is 4.47. The molecule has 3 heteroatoms. The standard InChI is InChI=1S/C12H18BrNS/c1-8-2-3-9(5-14)10(4-8)11-6-15-7-12(11)13/h6-10H,2-5,14H2,1H3. The maximum atomic E-state index is 5.88. The molecular formula is C12H18BrNS. The van der Waals surface area contributed by atoms with Gasteiger partial charge in [-0.2, -0.15) is 11.3 Å². The summed E-state index contributed by atoms with van der Waals surface area (Å²) >= 11 is 5.43. The van der Waals surface area contributed by atoms with Gasteiger partial charge in [0.1, 0.15) is 0 Å². The lowest BCUT2D eigenvalue weighted by atomic mass is 9.72. The zero-order chi connectivity index (χ0) is 10.8. The molecule has 15 heavy (non-hydrogen) atoms. The quantitative estimate of drug-likeness (QED) is 0.875. The van der Waals surface area contributed by atoms with Crippen LogP contribution in [0.3, 0.4) is 0 Å². The Bertz CT molecular complexity index is 323. The number of halogens is 1. The van der Waals surface area contributed by atoms with E-state index in [0.717, 1.165) is 12.5 Å². The van der Waals surface area contributed by atoms with Crippen LogP contribution < -0.4 is 5.73 Å². The zero-order valence-electron chi connectivity index (χ0n) is 9.08. The summed E-state index contributed by atoms with van der Waals surface area (Å²) in [6, 6.07) is 0. The van der Waals surface area contributed by atoms with E-state index < -0.39 is 0 Å². The Hall–Kier alpha value is 0.140. The molecule has 1 aliphatic carbocycles. The van der Waals surface area contributed by atoms with Gasteiger partial charge in [-0.3, -0.25) is 0 Å². The first kappa shape index (κ1) is 11.6. The fraction of sp³-hybridized carbons (Fsp3) is 0.667. The number of hydrogen-bond acceptors (Lipinski definition) is 2. The maximum absolute atomic E-state index is 5.88. The van der Waals surface area contributed by atoms with Crippen LogP contribution >= 0.6 is 27.3 Å². The highest BCUT2D eigenvalue weighted by molar-refractivity contribution is 9.10. The second-order valence-corrected chi connectivity index (χ2v) is 6.29. The van der Waals surface area contributed by atoms with Crippen molar-refractivity contribution in [2.24, 2.45) is 17.6 Å². The first-order valence-corrected chi connectivity index (χ1v) is 7.37. The van der Waals surface area contributed by atoms with Crippen LogP contribution in [0, 0.1) is 11.8 Å².